The summed E-state index contributed by atoms with van der Waals surface area (Å²) >= 11 is 0. The van der Waals surface area contributed by atoms with Crippen molar-refractivity contribution in [3.8, 4) is 0 Å². The lowest BCUT2D eigenvalue weighted by molar-refractivity contribution is -0.116. The average Bonchev–Trinajstić information content (AvgIpc) is 2.82. The van der Waals surface area contributed by atoms with Crippen LogP contribution < -0.4 is 16.0 Å². The van der Waals surface area contributed by atoms with Crippen molar-refractivity contribution in [2.75, 3.05) is 24.2 Å². The molecule has 2 rings (SSSR count). The third kappa shape index (κ3) is 5.45. The maximum Gasteiger partial charge on any atom is 0.225 e. The minimum Gasteiger partial charge on any atom is -0.353 e. The minimum absolute atomic E-state index is 0. The summed E-state index contributed by atoms with van der Waals surface area (Å²) in [6.45, 7) is 0.666. The molecule has 3 N–H and O–H groups in total. The highest BCUT2D eigenvalue weighted by Crippen LogP contribution is 2.19. The third-order valence-electron chi connectivity index (χ3n) is 2.74. The van der Waals surface area contributed by atoms with Gasteiger partial charge in [0.1, 0.15) is 0 Å². The van der Waals surface area contributed by atoms with Gasteiger partial charge >= 0.3 is 0 Å². The van der Waals surface area contributed by atoms with Crippen LogP contribution in [0.1, 0.15) is 6.42 Å². The Hall–Kier alpha value is -2.05. The molecule has 0 saturated heterocycles. The Labute approximate surface area is 130 Å². The van der Waals surface area contributed by atoms with Crippen LogP contribution in [0, 0.1) is 0 Å². The second-order valence-corrected chi connectivity index (χ2v) is 4.51. The van der Waals surface area contributed by atoms with E-state index >= 15 is 0 Å². The van der Waals surface area contributed by atoms with Gasteiger partial charge < -0.3 is 16.0 Å². The minimum atomic E-state index is -0.00197. The number of aryl methyl sites for hydroxylation is 1. The summed E-state index contributed by atoms with van der Waals surface area (Å²) in [4.78, 5) is 11.7. The van der Waals surface area contributed by atoms with E-state index in [1.54, 1.807) is 10.9 Å². The van der Waals surface area contributed by atoms with Crippen molar-refractivity contribution in [1.29, 1.82) is 0 Å². The molecule has 0 aliphatic carbocycles. The number of hydrogen-bond donors (Lipinski definition) is 3. The second-order valence-electron chi connectivity index (χ2n) is 4.51. The predicted octanol–water partition coefficient (Wildman–Crippen LogP) is 2.13. The van der Waals surface area contributed by atoms with E-state index in [1.165, 1.54) is 0 Å². The number of halogens is 1. The highest BCUT2D eigenvalue weighted by molar-refractivity contribution is 5.91. The Morgan fingerprint density at radius 2 is 2.05 bits per heavy atom. The van der Waals surface area contributed by atoms with Crippen molar-refractivity contribution >= 4 is 35.4 Å². The maximum absolute atomic E-state index is 11.7. The summed E-state index contributed by atoms with van der Waals surface area (Å²) in [6.07, 6.45) is 4.09. The van der Waals surface area contributed by atoms with E-state index in [-0.39, 0.29) is 18.3 Å². The smallest absolute Gasteiger partial charge is 0.225 e. The van der Waals surface area contributed by atoms with E-state index in [9.17, 15) is 4.79 Å². The lowest BCUT2D eigenvalue weighted by atomic mass is 10.2. The van der Waals surface area contributed by atoms with Crippen molar-refractivity contribution in [3.05, 3.63) is 36.7 Å². The lowest BCUT2D eigenvalue weighted by Crippen LogP contribution is -2.18. The van der Waals surface area contributed by atoms with Crippen LogP contribution >= 0.6 is 12.4 Å². The first-order valence-corrected chi connectivity index (χ1v) is 6.47. The molecular weight excluding hydrogens is 290 g/mol. The molecule has 1 heterocycles. The summed E-state index contributed by atoms with van der Waals surface area (Å²) in [7, 11) is 3.69. The zero-order valence-electron chi connectivity index (χ0n) is 12.1. The number of nitrogens with zero attached hydrogens (tertiary/aromatic N) is 2. The molecule has 0 aliphatic heterocycles. The normalized spacial score (nSPS) is 9.81. The molecule has 7 heteroatoms. The summed E-state index contributed by atoms with van der Waals surface area (Å²) in [6, 6.07) is 7.60. The number of nitrogens with one attached hydrogen (secondary N) is 3. The molecule has 0 bridgehead atoms. The topological polar surface area (TPSA) is 71.0 Å². The van der Waals surface area contributed by atoms with Gasteiger partial charge in [0.15, 0.2) is 0 Å². The van der Waals surface area contributed by atoms with Gasteiger partial charge in [-0.25, -0.2) is 0 Å². The highest BCUT2D eigenvalue weighted by Gasteiger charge is 2.03. The molecular formula is C14H20ClN5O. The van der Waals surface area contributed by atoms with Crippen LogP contribution in [0.2, 0.25) is 0 Å². The van der Waals surface area contributed by atoms with E-state index < -0.39 is 0 Å². The Balaban J connectivity index is 0.00000220. The van der Waals surface area contributed by atoms with Gasteiger partial charge in [-0.1, -0.05) is 6.07 Å². The second kappa shape index (κ2) is 8.28. The van der Waals surface area contributed by atoms with Gasteiger partial charge in [0, 0.05) is 37.6 Å². The van der Waals surface area contributed by atoms with Crippen LogP contribution in [0.5, 0.6) is 0 Å². The van der Waals surface area contributed by atoms with E-state index in [2.05, 4.69) is 21.0 Å². The van der Waals surface area contributed by atoms with Crippen molar-refractivity contribution < 1.29 is 4.79 Å². The molecule has 1 amide bonds. The number of carbonyl (C=O) groups excluding carboxylic acids is 1. The molecule has 2 aromatic rings. The fourth-order valence-electron chi connectivity index (χ4n) is 1.79. The number of anilines is 3. The molecule has 0 aliphatic rings. The van der Waals surface area contributed by atoms with Gasteiger partial charge in [-0.3, -0.25) is 9.48 Å². The van der Waals surface area contributed by atoms with Gasteiger partial charge in [-0.05, 0) is 25.2 Å². The Kier molecular flexibility index (Phi) is 6.71. The molecule has 0 radical (unpaired) electrons. The molecule has 21 heavy (non-hydrogen) atoms. The van der Waals surface area contributed by atoms with Gasteiger partial charge in [0.2, 0.25) is 5.91 Å². The number of carbonyl (C=O) groups is 1. The van der Waals surface area contributed by atoms with Crippen LogP contribution in [0.3, 0.4) is 0 Å². The quantitative estimate of drug-likeness (QED) is 0.764. The molecule has 6 nitrogen and oxygen atoms in total. The van der Waals surface area contributed by atoms with Gasteiger partial charge in [0.05, 0.1) is 11.9 Å². The van der Waals surface area contributed by atoms with E-state index in [1.807, 2.05) is 44.6 Å². The van der Waals surface area contributed by atoms with Crippen LogP contribution in [-0.2, 0) is 11.8 Å². The maximum atomic E-state index is 11.7. The number of amides is 1. The average molecular weight is 310 g/mol. The van der Waals surface area contributed by atoms with Crippen LogP contribution in [0.25, 0.3) is 0 Å². The van der Waals surface area contributed by atoms with Crippen LogP contribution in [-0.4, -0.2) is 29.3 Å². The summed E-state index contributed by atoms with van der Waals surface area (Å²) < 4.78 is 1.73. The number of hydrogen-bond acceptors (Lipinski definition) is 4. The fraction of sp³-hybridized carbons (Fsp3) is 0.286. The predicted molar refractivity (Wildman–Crippen MR) is 87.4 cm³/mol. The zero-order chi connectivity index (χ0) is 14.4. The Morgan fingerprint density at radius 1 is 1.29 bits per heavy atom. The van der Waals surface area contributed by atoms with E-state index in [0.717, 1.165) is 17.1 Å². The van der Waals surface area contributed by atoms with Crippen LogP contribution in [0.15, 0.2) is 36.7 Å². The van der Waals surface area contributed by atoms with E-state index in [4.69, 9.17) is 0 Å². The molecule has 114 valence electrons. The standard InChI is InChI=1S/C14H19N5O.ClH/c1-15-7-6-14(20)18-12-5-3-4-11(8-12)17-13-9-16-19(2)10-13;/h3-5,8-10,15,17H,6-7H2,1-2H3,(H,18,20);1H. The molecule has 1 aromatic heterocycles. The molecule has 1 aromatic carbocycles. The summed E-state index contributed by atoms with van der Waals surface area (Å²) in [5.41, 5.74) is 2.59. The SMILES string of the molecule is CNCCC(=O)Nc1cccc(Nc2cnn(C)c2)c1.Cl. The Morgan fingerprint density at radius 3 is 2.71 bits per heavy atom. The summed E-state index contributed by atoms with van der Waals surface area (Å²) in [5.74, 6) is -0.00197. The highest BCUT2D eigenvalue weighted by atomic mass is 35.5. The van der Waals surface area contributed by atoms with Crippen molar-refractivity contribution in [3.63, 3.8) is 0 Å². The first-order valence-electron chi connectivity index (χ1n) is 6.47. The third-order valence-corrected chi connectivity index (χ3v) is 2.74. The van der Waals surface area contributed by atoms with Crippen molar-refractivity contribution in [2.45, 2.75) is 6.42 Å². The number of aromatic nitrogens is 2. The first-order chi connectivity index (χ1) is 9.67. The first kappa shape index (κ1) is 17.0. The van der Waals surface area contributed by atoms with Gasteiger partial charge in [0.25, 0.3) is 0 Å². The number of rotatable bonds is 6. The molecule has 0 spiro atoms. The Bertz CT molecular complexity index is 584. The van der Waals surface area contributed by atoms with E-state index in [0.29, 0.717) is 13.0 Å². The lowest BCUT2D eigenvalue weighted by Gasteiger charge is -2.08. The molecule has 0 fully saturated rings. The van der Waals surface area contributed by atoms with Gasteiger partial charge in [-0.15, -0.1) is 12.4 Å². The van der Waals surface area contributed by atoms with Crippen LogP contribution in [0.4, 0.5) is 17.1 Å². The molecule has 0 unspecified atom stereocenters. The monoisotopic (exact) mass is 309 g/mol. The zero-order valence-corrected chi connectivity index (χ0v) is 12.9. The van der Waals surface area contributed by atoms with Gasteiger partial charge in [-0.2, -0.15) is 5.10 Å². The fourth-order valence-corrected chi connectivity index (χ4v) is 1.79. The largest absolute Gasteiger partial charge is 0.353 e. The van der Waals surface area contributed by atoms with Crippen molar-refractivity contribution in [2.24, 2.45) is 7.05 Å². The molecule has 0 saturated carbocycles. The molecule has 0 atom stereocenters. The number of benzene rings is 1. The summed E-state index contributed by atoms with van der Waals surface area (Å²) in [5, 5.41) is 13.1. The van der Waals surface area contributed by atoms with Crippen molar-refractivity contribution in [1.82, 2.24) is 15.1 Å².